The fourth-order valence-electron chi connectivity index (χ4n) is 2.56. The van der Waals surface area contributed by atoms with Crippen LogP contribution in [-0.4, -0.2) is 48.8 Å². The van der Waals surface area contributed by atoms with Crippen molar-refractivity contribution in [2.75, 3.05) is 27.2 Å². The molecule has 25 heavy (non-hydrogen) atoms. The molecule has 0 aliphatic heterocycles. The maximum atomic E-state index is 13.0. The van der Waals surface area contributed by atoms with Gasteiger partial charge in [-0.05, 0) is 36.7 Å². The van der Waals surface area contributed by atoms with Gasteiger partial charge in [0.1, 0.15) is 0 Å². The van der Waals surface area contributed by atoms with E-state index in [1.54, 1.807) is 43.3 Å². The lowest BCUT2D eigenvalue weighted by atomic mass is 10.1. The molecule has 0 fully saturated rings. The molecule has 2 rings (SSSR count). The summed E-state index contributed by atoms with van der Waals surface area (Å²) in [6.45, 7) is 1.62. The van der Waals surface area contributed by atoms with Gasteiger partial charge < -0.3 is 15.5 Å². The number of rotatable bonds is 7. The van der Waals surface area contributed by atoms with Gasteiger partial charge in [0.15, 0.2) is 0 Å². The molecule has 5 nitrogen and oxygen atoms in total. The third-order valence-electron chi connectivity index (χ3n) is 3.90. The normalized spacial score (nSPS) is 10.4. The van der Waals surface area contributed by atoms with E-state index in [0.29, 0.717) is 30.8 Å². The van der Waals surface area contributed by atoms with E-state index in [4.69, 9.17) is 5.73 Å². The molecule has 0 saturated carbocycles. The number of hydrogen-bond donors (Lipinski definition) is 1. The number of nitrogens with zero attached hydrogens (tertiary/aromatic N) is 2. The minimum Gasteiger partial charge on any atom is -0.345 e. The van der Waals surface area contributed by atoms with Gasteiger partial charge in [0.25, 0.3) is 11.8 Å². The maximum Gasteiger partial charge on any atom is 0.254 e. The Morgan fingerprint density at radius 3 is 2.16 bits per heavy atom. The predicted molar refractivity (Wildman–Crippen MR) is 99.3 cm³/mol. The van der Waals surface area contributed by atoms with Gasteiger partial charge in [0.2, 0.25) is 0 Å². The Morgan fingerprint density at radius 2 is 1.56 bits per heavy atom. The molecule has 5 heteroatoms. The Morgan fingerprint density at radius 1 is 0.920 bits per heavy atom. The molecule has 0 saturated heterocycles. The van der Waals surface area contributed by atoms with E-state index in [0.717, 1.165) is 12.0 Å². The molecule has 0 aromatic heterocycles. The number of nitrogens with two attached hydrogens (primary N) is 1. The van der Waals surface area contributed by atoms with Crippen molar-refractivity contribution < 1.29 is 9.59 Å². The van der Waals surface area contributed by atoms with E-state index >= 15 is 0 Å². The van der Waals surface area contributed by atoms with Crippen LogP contribution in [0.25, 0.3) is 0 Å². The van der Waals surface area contributed by atoms with E-state index in [1.807, 2.05) is 30.3 Å². The number of amides is 2. The highest BCUT2D eigenvalue weighted by atomic mass is 16.2. The van der Waals surface area contributed by atoms with Gasteiger partial charge in [-0.25, -0.2) is 0 Å². The van der Waals surface area contributed by atoms with E-state index in [9.17, 15) is 9.59 Å². The Bertz CT molecular complexity index is 714. The van der Waals surface area contributed by atoms with Crippen molar-refractivity contribution >= 4 is 11.8 Å². The zero-order valence-electron chi connectivity index (χ0n) is 14.8. The molecule has 2 aromatic rings. The second kappa shape index (κ2) is 8.99. The molecule has 0 spiro atoms. The van der Waals surface area contributed by atoms with Crippen molar-refractivity contribution in [2.45, 2.75) is 13.0 Å². The first kappa shape index (κ1) is 18.7. The lowest BCUT2D eigenvalue weighted by molar-refractivity contribution is 0.0742. The summed E-state index contributed by atoms with van der Waals surface area (Å²) in [4.78, 5) is 28.4. The highest BCUT2D eigenvalue weighted by molar-refractivity contribution is 5.99. The molecule has 0 radical (unpaired) electrons. The summed E-state index contributed by atoms with van der Waals surface area (Å²) in [5.41, 5.74) is 7.70. The molecule has 0 atom stereocenters. The highest BCUT2D eigenvalue weighted by Gasteiger charge is 2.18. The smallest absolute Gasteiger partial charge is 0.254 e. The zero-order valence-corrected chi connectivity index (χ0v) is 14.8. The first-order valence-electron chi connectivity index (χ1n) is 8.38. The second-order valence-corrected chi connectivity index (χ2v) is 6.13. The van der Waals surface area contributed by atoms with Crippen LogP contribution in [0.2, 0.25) is 0 Å². The Labute approximate surface area is 149 Å². The van der Waals surface area contributed by atoms with Crippen LogP contribution in [0.4, 0.5) is 0 Å². The van der Waals surface area contributed by atoms with Crippen molar-refractivity contribution in [3.8, 4) is 0 Å². The standard InChI is InChI=1S/C20H25N3O2/c1-22(2)19(24)17-10-6-11-18(14-17)20(25)23(13-7-12-21)15-16-8-4-3-5-9-16/h3-6,8-11,14H,7,12-13,15,21H2,1-2H3. The number of hydrogen-bond acceptors (Lipinski definition) is 3. The summed E-state index contributed by atoms with van der Waals surface area (Å²) in [5, 5.41) is 0. The van der Waals surface area contributed by atoms with E-state index in [-0.39, 0.29) is 11.8 Å². The number of carbonyl (C=O) groups is 2. The zero-order chi connectivity index (χ0) is 18.2. The molecule has 2 aromatic carbocycles. The molecular weight excluding hydrogens is 314 g/mol. The summed E-state index contributed by atoms with van der Waals surface area (Å²) in [6, 6.07) is 16.7. The molecular formula is C20H25N3O2. The third-order valence-corrected chi connectivity index (χ3v) is 3.90. The van der Waals surface area contributed by atoms with Gasteiger partial charge in [-0.2, -0.15) is 0 Å². The van der Waals surface area contributed by atoms with Crippen LogP contribution < -0.4 is 5.73 Å². The Hall–Kier alpha value is -2.66. The number of benzene rings is 2. The lowest BCUT2D eigenvalue weighted by Gasteiger charge is -2.23. The molecule has 0 heterocycles. The van der Waals surface area contributed by atoms with Crippen LogP contribution in [0, 0.1) is 0 Å². The number of carbonyl (C=O) groups excluding carboxylic acids is 2. The fraction of sp³-hybridized carbons (Fsp3) is 0.300. The van der Waals surface area contributed by atoms with Crippen molar-refractivity contribution in [2.24, 2.45) is 5.73 Å². The highest BCUT2D eigenvalue weighted by Crippen LogP contribution is 2.13. The van der Waals surface area contributed by atoms with Crippen molar-refractivity contribution in [3.63, 3.8) is 0 Å². The lowest BCUT2D eigenvalue weighted by Crippen LogP contribution is -2.32. The minimum absolute atomic E-state index is 0.0919. The molecule has 2 amide bonds. The molecule has 0 aliphatic rings. The summed E-state index contributed by atoms with van der Waals surface area (Å²) in [5.74, 6) is -0.211. The molecule has 0 aliphatic carbocycles. The molecule has 0 bridgehead atoms. The largest absolute Gasteiger partial charge is 0.345 e. The van der Waals surface area contributed by atoms with Gasteiger partial charge in [-0.15, -0.1) is 0 Å². The van der Waals surface area contributed by atoms with E-state index in [1.165, 1.54) is 4.90 Å². The third kappa shape index (κ3) is 5.16. The van der Waals surface area contributed by atoms with Crippen LogP contribution in [0.15, 0.2) is 54.6 Å². The summed E-state index contributed by atoms with van der Waals surface area (Å²) < 4.78 is 0. The van der Waals surface area contributed by atoms with Crippen molar-refractivity contribution in [3.05, 3.63) is 71.3 Å². The maximum absolute atomic E-state index is 13.0. The summed E-state index contributed by atoms with van der Waals surface area (Å²) in [6.07, 6.45) is 0.731. The van der Waals surface area contributed by atoms with Gasteiger partial charge in [-0.3, -0.25) is 9.59 Å². The van der Waals surface area contributed by atoms with E-state index < -0.39 is 0 Å². The SMILES string of the molecule is CN(C)C(=O)c1cccc(C(=O)N(CCCN)Cc2ccccc2)c1. The van der Waals surface area contributed by atoms with Crippen molar-refractivity contribution in [1.82, 2.24) is 9.80 Å². The van der Waals surface area contributed by atoms with E-state index in [2.05, 4.69) is 0 Å². The average Bonchev–Trinajstić information content (AvgIpc) is 2.64. The fourth-order valence-corrected chi connectivity index (χ4v) is 2.56. The first-order valence-corrected chi connectivity index (χ1v) is 8.38. The summed E-state index contributed by atoms with van der Waals surface area (Å²) >= 11 is 0. The summed E-state index contributed by atoms with van der Waals surface area (Å²) in [7, 11) is 3.39. The molecule has 2 N–H and O–H groups in total. The quantitative estimate of drug-likeness (QED) is 0.842. The first-order chi connectivity index (χ1) is 12.0. The average molecular weight is 339 g/mol. The van der Waals surface area contributed by atoms with Gasteiger partial charge >= 0.3 is 0 Å². The Kier molecular flexibility index (Phi) is 6.71. The van der Waals surface area contributed by atoms with Crippen molar-refractivity contribution in [1.29, 1.82) is 0 Å². The van der Waals surface area contributed by atoms with Gasteiger partial charge in [0, 0.05) is 38.3 Å². The van der Waals surface area contributed by atoms with Crippen LogP contribution in [0.3, 0.4) is 0 Å². The molecule has 0 unspecified atom stereocenters. The molecule has 132 valence electrons. The second-order valence-electron chi connectivity index (χ2n) is 6.13. The predicted octanol–water partition coefficient (Wildman–Crippen LogP) is 2.38. The monoisotopic (exact) mass is 339 g/mol. The van der Waals surface area contributed by atoms with Gasteiger partial charge in [-0.1, -0.05) is 36.4 Å². The van der Waals surface area contributed by atoms with Crippen LogP contribution in [-0.2, 0) is 6.54 Å². The minimum atomic E-state index is -0.119. The topological polar surface area (TPSA) is 66.6 Å². The van der Waals surface area contributed by atoms with Gasteiger partial charge in [0.05, 0.1) is 0 Å². The van der Waals surface area contributed by atoms with Crippen LogP contribution >= 0.6 is 0 Å². The van der Waals surface area contributed by atoms with Crippen LogP contribution in [0.5, 0.6) is 0 Å². The Balaban J connectivity index is 2.23. The van der Waals surface area contributed by atoms with Crippen LogP contribution in [0.1, 0.15) is 32.7 Å².